The van der Waals surface area contributed by atoms with Gasteiger partial charge >= 0.3 is 0 Å². The van der Waals surface area contributed by atoms with E-state index in [0.29, 0.717) is 24.1 Å². The Kier molecular flexibility index (Phi) is 7.66. The minimum atomic E-state index is -0.814. The van der Waals surface area contributed by atoms with E-state index >= 15 is 0 Å². The molecule has 2 N–H and O–H groups in total. The zero-order valence-corrected chi connectivity index (χ0v) is 16.3. The van der Waals surface area contributed by atoms with Gasteiger partial charge < -0.3 is 15.5 Å². The third-order valence-corrected chi connectivity index (χ3v) is 4.91. The molecule has 0 aromatic rings. The number of amides is 3. The van der Waals surface area contributed by atoms with E-state index in [2.05, 4.69) is 31.4 Å². The van der Waals surface area contributed by atoms with Crippen molar-refractivity contribution in [3.05, 3.63) is 11.3 Å². The third kappa shape index (κ3) is 6.89. The first-order valence-corrected chi connectivity index (χ1v) is 9.17. The summed E-state index contributed by atoms with van der Waals surface area (Å²) in [6.07, 6.45) is 0.815. The van der Waals surface area contributed by atoms with Gasteiger partial charge in [-0.05, 0) is 6.92 Å². The fourth-order valence-electron chi connectivity index (χ4n) is 2.42. The monoisotopic (exact) mass is 369 g/mol. The number of hydrogen-bond donors (Lipinski definition) is 2. The van der Waals surface area contributed by atoms with Crippen molar-refractivity contribution in [2.24, 2.45) is 0 Å². The highest BCUT2D eigenvalue weighted by Gasteiger charge is 2.34. The van der Waals surface area contributed by atoms with Gasteiger partial charge in [0.1, 0.15) is 18.9 Å². The zero-order chi connectivity index (χ0) is 19.2. The number of nitrogens with zero attached hydrogens (tertiary/aromatic N) is 1. The predicted molar refractivity (Wildman–Crippen MR) is 97.9 cm³/mol. The summed E-state index contributed by atoms with van der Waals surface area (Å²) in [7, 11) is 0. The summed E-state index contributed by atoms with van der Waals surface area (Å²) in [6, 6.07) is -0.814. The Morgan fingerprint density at radius 2 is 2.00 bits per heavy atom. The van der Waals surface area contributed by atoms with Crippen LogP contribution in [0.4, 0.5) is 0 Å². The Morgan fingerprint density at radius 1 is 1.36 bits per heavy atom. The van der Waals surface area contributed by atoms with E-state index in [4.69, 9.17) is 0 Å². The molecule has 0 aromatic heterocycles. The van der Waals surface area contributed by atoms with Crippen LogP contribution >= 0.6 is 11.8 Å². The number of rotatable bonds is 7. The van der Waals surface area contributed by atoms with Crippen LogP contribution in [-0.2, 0) is 19.2 Å². The zero-order valence-electron chi connectivity index (χ0n) is 15.5. The molecule has 1 aliphatic heterocycles. The normalized spacial score (nSPS) is 18.2. The fourth-order valence-corrected chi connectivity index (χ4v) is 3.23. The lowest BCUT2D eigenvalue weighted by Crippen LogP contribution is -2.53. The molecule has 0 radical (unpaired) electrons. The lowest BCUT2D eigenvalue weighted by atomic mass is 9.98. The Morgan fingerprint density at radius 3 is 2.52 bits per heavy atom. The maximum absolute atomic E-state index is 12.5. The number of thioether (sulfide) groups is 1. The molecule has 25 heavy (non-hydrogen) atoms. The Bertz CT molecular complexity index is 581. The molecule has 0 fully saturated rings. The Balaban J connectivity index is 2.70. The number of carbonyl (C=O) groups excluding carboxylic acids is 4. The second kappa shape index (κ2) is 9.03. The maximum Gasteiger partial charge on any atom is 0.250 e. The Labute approximate surface area is 153 Å². The Hall–Kier alpha value is -1.83. The first-order chi connectivity index (χ1) is 11.5. The lowest BCUT2D eigenvalue weighted by Gasteiger charge is -2.33. The van der Waals surface area contributed by atoms with Gasteiger partial charge in [0.2, 0.25) is 17.7 Å². The van der Waals surface area contributed by atoms with Crippen molar-refractivity contribution >= 4 is 35.8 Å². The molecule has 3 amide bonds. The average molecular weight is 369 g/mol. The SMILES string of the molecule is CC(=O)NC1CC(C=O)=C(C)N(CC(=O)NCCSC(C)(C)C)C1=O. The molecule has 0 aliphatic carbocycles. The van der Waals surface area contributed by atoms with Crippen LogP contribution in [0.5, 0.6) is 0 Å². The lowest BCUT2D eigenvalue weighted by molar-refractivity contribution is -0.138. The topological polar surface area (TPSA) is 95.6 Å². The van der Waals surface area contributed by atoms with Crippen molar-refractivity contribution in [1.82, 2.24) is 15.5 Å². The van der Waals surface area contributed by atoms with E-state index in [9.17, 15) is 19.2 Å². The summed E-state index contributed by atoms with van der Waals surface area (Å²) in [5.74, 6) is -0.258. The molecular weight excluding hydrogens is 342 g/mol. The molecule has 1 heterocycles. The van der Waals surface area contributed by atoms with Crippen LogP contribution in [0.15, 0.2) is 11.3 Å². The number of nitrogens with one attached hydrogen (secondary N) is 2. The van der Waals surface area contributed by atoms with Crippen LogP contribution in [0.25, 0.3) is 0 Å². The van der Waals surface area contributed by atoms with E-state index in [1.807, 2.05) is 0 Å². The second-order valence-corrected chi connectivity index (χ2v) is 8.84. The van der Waals surface area contributed by atoms with Gasteiger partial charge in [-0.25, -0.2) is 0 Å². The van der Waals surface area contributed by atoms with Gasteiger partial charge in [-0.3, -0.25) is 19.2 Å². The van der Waals surface area contributed by atoms with Crippen molar-refractivity contribution in [2.45, 2.75) is 51.8 Å². The number of hydrogen-bond acceptors (Lipinski definition) is 5. The summed E-state index contributed by atoms with van der Waals surface area (Å²) in [5, 5.41) is 5.31. The standard InChI is InChI=1S/C17H27N3O4S/c1-11-13(10-21)8-14(19-12(2)22)16(24)20(11)9-15(23)18-6-7-25-17(3,4)5/h10,14H,6-9H2,1-5H3,(H,18,23)(H,19,22). The van der Waals surface area contributed by atoms with Gasteiger partial charge in [0.25, 0.3) is 0 Å². The van der Waals surface area contributed by atoms with Crippen LogP contribution < -0.4 is 10.6 Å². The highest BCUT2D eigenvalue weighted by atomic mass is 32.2. The van der Waals surface area contributed by atoms with E-state index in [0.717, 1.165) is 5.75 Å². The highest BCUT2D eigenvalue weighted by molar-refractivity contribution is 8.00. The smallest absolute Gasteiger partial charge is 0.250 e. The molecule has 1 unspecified atom stereocenters. The van der Waals surface area contributed by atoms with Crippen LogP contribution in [0.2, 0.25) is 0 Å². The molecular formula is C17H27N3O4S. The molecule has 0 bridgehead atoms. The summed E-state index contributed by atoms with van der Waals surface area (Å²) in [4.78, 5) is 48.4. The highest BCUT2D eigenvalue weighted by Crippen LogP contribution is 2.23. The maximum atomic E-state index is 12.5. The minimum Gasteiger partial charge on any atom is -0.354 e. The summed E-state index contributed by atoms with van der Waals surface area (Å²) in [5.41, 5.74) is 0.871. The van der Waals surface area contributed by atoms with Gasteiger partial charge in [0, 0.05) is 41.7 Å². The molecule has 0 spiro atoms. The van der Waals surface area contributed by atoms with Crippen LogP contribution in [0.3, 0.4) is 0 Å². The molecule has 1 aliphatic rings. The molecule has 140 valence electrons. The van der Waals surface area contributed by atoms with Gasteiger partial charge in [-0.1, -0.05) is 20.8 Å². The minimum absolute atomic E-state index is 0.122. The van der Waals surface area contributed by atoms with Crippen molar-refractivity contribution < 1.29 is 19.2 Å². The van der Waals surface area contributed by atoms with Crippen molar-refractivity contribution in [2.75, 3.05) is 18.8 Å². The van der Waals surface area contributed by atoms with Crippen LogP contribution in [0.1, 0.15) is 41.0 Å². The molecule has 0 aromatic carbocycles. The summed E-state index contributed by atoms with van der Waals surface area (Å²) in [6.45, 7) is 9.58. The molecule has 8 heteroatoms. The van der Waals surface area contributed by atoms with E-state index in [1.54, 1.807) is 18.7 Å². The largest absolute Gasteiger partial charge is 0.354 e. The number of aldehydes is 1. The first-order valence-electron chi connectivity index (χ1n) is 8.19. The third-order valence-electron chi connectivity index (χ3n) is 3.64. The number of carbonyl (C=O) groups is 4. The number of allylic oxidation sites excluding steroid dienone is 1. The molecule has 7 nitrogen and oxygen atoms in total. The van der Waals surface area contributed by atoms with Crippen molar-refractivity contribution in [1.29, 1.82) is 0 Å². The predicted octanol–water partition coefficient (Wildman–Crippen LogP) is 0.844. The molecule has 1 atom stereocenters. The fraction of sp³-hybridized carbons (Fsp3) is 0.647. The molecule has 0 saturated carbocycles. The molecule has 0 saturated heterocycles. The summed E-state index contributed by atoms with van der Waals surface area (Å²) >= 11 is 1.74. The van der Waals surface area contributed by atoms with Gasteiger partial charge in [0.05, 0.1) is 0 Å². The average Bonchev–Trinajstić information content (AvgIpc) is 2.49. The van der Waals surface area contributed by atoms with Gasteiger partial charge in [0.15, 0.2) is 0 Å². The van der Waals surface area contributed by atoms with Crippen LogP contribution in [-0.4, -0.2) is 58.5 Å². The first kappa shape index (κ1) is 21.2. The van der Waals surface area contributed by atoms with Crippen LogP contribution in [0, 0.1) is 0 Å². The van der Waals surface area contributed by atoms with Crippen molar-refractivity contribution in [3.63, 3.8) is 0 Å². The van der Waals surface area contributed by atoms with E-state index in [1.165, 1.54) is 11.8 Å². The quantitative estimate of drug-likeness (QED) is 0.512. The molecule has 1 rings (SSSR count). The van der Waals surface area contributed by atoms with E-state index < -0.39 is 6.04 Å². The second-order valence-electron chi connectivity index (χ2n) is 6.92. The van der Waals surface area contributed by atoms with E-state index in [-0.39, 0.29) is 35.4 Å². The summed E-state index contributed by atoms with van der Waals surface area (Å²) < 4.78 is 0.122. The van der Waals surface area contributed by atoms with Crippen molar-refractivity contribution in [3.8, 4) is 0 Å². The van der Waals surface area contributed by atoms with Gasteiger partial charge in [-0.2, -0.15) is 11.8 Å². The van der Waals surface area contributed by atoms with Gasteiger partial charge in [-0.15, -0.1) is 0 Å².